The zero-order valence-electron chi connectivity index (χ0n) is 19.0. The lowest BCUT2D eigenvalue weighted by Gasteiger charge is -2.23. The Kier molecular flexibility index (Phi) is 7.04. The second-order valence-corrected chi connectivity index (χ2v) is 10.1. The predicted molar refractivity (Wildman–Crippen MR) is 122 cm³/mol. The van der Waals surface area contributed by atoms with Crippen molar-refractivity contribution in [2.24, 2.45) is 5.10 Å². The number of nitrogens with one attached hydrogen (secondary N) is 1. The van der Waals surface area contributed by atoms with E-state index < -0.39 is 12.0 Å². The van der Waals surface area contributed by atoms with Crippen LogP contribution in [0.3, 0.4) is 0 Å². The van der Waals surface area contributed by atoms with Gasteiger partial charge in [-0.25, -0.2) is 4.79 Å². The maximum absolute atomic E-state index is 13.2. The van der Waals surface area contributed by atoms with Gasteiger partial charge in [0.1, 0.15) is 4.83 Å². The molecule has 172 valence electrons. The van der Waals surface area contributed by atoms with Gasteiger partial charge >= 0.3 is 5.69 Å². The van der Waals surface area contributed by atoms with Crippen molar-refractivity contribution in [1.29, 1.82) is 0 Å². The van der Waals surface area contributed by atoms with Gasteiger partial charge in [0.25, 0.3) is 12.0 Å². The predicted octanol–water partition coefficient (Wildman–Crippen LogP) is 2.31. The van der Waals surface area contributed by atoms with Gasteiger partial charge in [0.05, 0.1) is 34.7 Å². The first-order valence-electron chi connectivity index (χ1n) is 10.5. The molecule has 2 N–H and O–H groups in total. The van der Waals surface area contributed by atoms with E-state index in [0.29, 0.717) is 23.4 Å². The number of hydrazone groups is 1. The maximum Gasteiger partial charge on any atom is 0.332 e. The zero-order chi connectivity index (χ0) is 22.9. The minimum atomic E-state index is -1.26. The number of thiophene rings is 1. The van der Waals surface area contributed by atoms with Crippen LogP contribution in [0.5, 0.6) is 0 Å². The Labute approximate surface area is 185 Å². The lowest BCUT2D eigenvalue weighted by molar-refractivity contribution is -0.181. The van der Waals surface area contributed by atoms with Crippen LogP contribution in [-0.4, -0.2) is 45.2 Å². The summed E-state index contributed by atoms with van der Waals surface area (Å²) < 4.78 is 14.1. The Morgan fingerprint density at radius 3 is 2.68 bits per heavy atom. The van der Waals surface area contributed by atoms with Gasteiger partial charge < -0.3 is 14.6 Å². The van der Waals surface area contributed by atoms with E-state index in [9.17, 15) is 14.7 Å². The number of hydrogen-bond donors (Lipinski definition) is 2. The fourth-order valence-electron chi connectivity index (χ4n) is 3.63. The van der Waals surface area contributed by atoms with Crippen molar-refractivity contribution in [2.75, 3.05) is 6.61 Å². The SMILES string of the molecule is Cc1c(/C=N/NC(O)OC(C)(C)C)sc2c1c(=O)n(C(C)C)c(=O)n2CC1CCCO1. The van der Waals surface area contributed by atoms with Crippen molar-refractivity contribution in [3.63, 3.8) is 0 Å². The summed E-state index contributed by atoms with van der Waals surface area (Å²) in [5, 5.41) is 14.5. The van der Waals surface area contributed by atoms with Crippen LogP contribution in [0.15, 0.2) is 14.7 Å². The molecule has 0 saturated carbocycles. The summed E-state index contributed by atoms with van der Waals surface area (Å²) in [5.74, 6) is 0. The van der Waals surface area contributed by atoms with Gasteiger partial charge in [-0.15, -0.1) is 11.3 Å². The highest BCUT2D eigenvalue weighted by Crippen LogP contribution is 2.28. The average molecular weight is 453 g/mol. The number of fused-ring (bicyclic) bond motifs is 1. The second kappa shape index (κ2) is 9.23. The number of aliphatic hydroxyl groups is 1. The molecule has 3 heterocycles. The van der Waals surface area contributed by atoms with Crippen molar-refractivity contribution in [3.8, 4) is 0 Å². The fourth-order valence-corrected chi connectivity index (χ4v) is 4.81. The van der Waals surface area contributed by atoms with Crippen LogP contribution < -0.4 is 16.7 Å². The van der Waals surface area contributed by atoms with Crippen molar-refractivity contribution in [2.45, 2.75) is 85.1 Å². The number of aromatic nitrogens is 2. The summed E-state index contributed by atoms with van der Waals surface area (Å²) in [6.07, 6.45) is 2.10. The molecule has 0 amide bonds. The van der Waals surface area contributed by atoms with E-state index >= 15 is 0 Å². The van der Waals surface area contributed by atoms with Gasteiger partial charge in [-0.2, -0.15) is 5.10 Å². The van der Waals surface area contributed by atoms with E-state index in [2.05, 4.69) is 10.5 Å². The maximum atomic E-state index is 13.2. The Bertz CT molecular complexity index is 1070. The molecule has 3 rings (SSSR count). The Hall–Kier alpha value is -2.01. The summed E-state index contributed by atoms with van der Waals surface area (Å²) in [4.78, 5) is 27.7. The Morgan fingerprint density at radius 1 is 1.39 bits per heavy atom. The van der Waals surface area contributed by atoms with Crippen molar-refractivity contribution in [1.82, 2.24) is 14.6 Å². The van der Waals surface area contributed by atoms with E-state index in [0.717, 1.165) is 23.3 Å². The van der Waals surface area contributed by atoms with E-state index in [4.69, 9.17) is 9.47 Å². The van der Waals surface area contributed by atoms with Gasteiger partial charge in [0, 0.05) is 12.6 Å². The summed E-state index contributed by atoms with van der Waals surface area (Å²) in [6, 6.07) is -0.261. The number of nitrogens with zero attached hydrogens (tertiary/aromatic N) is 3. The average Bonchev–Trinajstić information content (AvgIpc) is 3.25. The number of rotatable bonds is 7. The minimum Gasteiger partial charge on any atom is -0.376 e. The van der Waals surface area contributed by atoms with Gasteiger partial charge in [0.15, 0.2) is 0 Å². The molecule has 1 saturated heterocycles. The normalized spacial score (nSPS) is 18.5. The van der Waals surface area contributed by atoms with Gasteiger partial charge in [0.2, 0.25) is 0 Å². The third kappa shape index (κ3) is 5.25. The van der Waals surface area contributed by atoms with Gasteiger partial charge in [-0.05, 0) is 59.9 Å². The molecule has 2 atom stereocenters. The summed E-state index contributed by atoms with van der Waals surface area (Å²) in [5.41, 5.74) is 2.13. The van der Waals surface area contributed by atoms with Crippen molar-refractivity contribution >= 4 is 27.8 Å². The van der Waals surface area contributed by atoms with Crippen LogP contribution in [0.4, 0.5) is 0 Å². The van der Waals surface area contributed by atoms with Crippen LogP contribution in [-0.2, 0) is 16.0 Å². The number of aliphatic hydroxyl groups excluding tert-OH is 1. The molecule has 2 aromatic heterocycles. The molecular weight excluding hydrogens is 420 g/mol. The molecule has 0 radical (unpaired) electrons. The molecule has 10 heteroatoms. The zero-order valence-corrected chi connectivity index (χ0v) is 19.8. The van der Waals surface area contributed by atoms with Crippen LogP contribution in [0, 0.1) is 6.92 Å². The molecular formula is C21H32N4O5S. The first-order valence-corrected chi connectivity index (χ1v) is 11.4. The number of hydrogen-bond acceptors (Lipinski definition) is 8. The van der Waals surface area contributed by atoms with Crippen molar-refractivity contribution < 1.29 is 14.6 Å². The molecule has 31 heavy (non-hydrogen) atoms. The molecule has 0 spiro atoms. The molecule has 1 aliphatic heterocycles. The van der Waals surface area contributed by atoms with E-state index in [-0.39, 0.29) is 23.4 Å². The van der Waals surface area contributed by atoms with Crippen LogP contribution >= 0.6 is 11.3 Å². The molecule has 1 aliphatic rings. The summed E-state index contributed by atoms with van der Waals surface area (Å²) >= 11 is 1.33. The van der Waals surface area contributed by atoms with E-state index in [1.165, 1.54) is 22.1 Å². The van der Waals surface area contributed by atoms with Crippen molar-refractivity contribution in [3.05, 3.63) is 31.3 Å². The lowest BCUT2D eigenvalue weighted by Crippen LogP contribution is -2.42. The molecule has 0 aromatic carbocycles. The topological polar surface area (TPSA) is 107 Å². The monoisotopic (exact) mass is 452 g/mol. The van der Waals surface area contributed by atoms with Crippen LogP contribution in [0.25, 0.3) is 10.2 Å². The fraction of sp³-hybridized carbons (Fsp3) is 0.667. The summed E-state index contributed by atoms with van der Waals surface area (Å²) in [6.45, 7) is 12.1. The second-order valence-electron chi connectivity index (χ2n) is 9.04. The van der Waals surface area contributed by atoms with Crippen LogP contribution in [0.1, 0.15) is 63.9 Å². The summed E-state index contributed by atoms with van der Waals surface area (Å²) in [7, 11) is 0. The van der Waals surface area contributed by atoms with Gasteiger partial charge in [-0.3, -0.25) is 19.4 Å². The Balaban J connectivity index is 2.02. The third-order valence-corrected chi connectivity index (χ3v) is 6.29. The smallest absolute Gasteiger partial charge is 0.332 e. The number of ether oxygens (including phenoxy) is 2. The minimum absolute atomic E-state index is 0.0371. The first kappa shape index (κ1) is 23.6. The highest BCUT2D eigenvalue weighted by Gasteiger charge is 2.24. The van der Waals surface area contributed by atoms with E-state index in [1.807, 2.05) is 41.5 Å². The molecule has 0 aliphatic carbocycles. The molecule has 2 unspecified atom stereocenters. The molecule has 9 nitrogen and oxygen atoms in total. The van der Waals surface area contributed by atoms with Gasteiger partial charge in [-0.1, -0.05) is 0 Å². The third-order valence-electron chi connectivity index (χ3n) is 5.04. The highest BCUT2D eigenvalue weighted by molar-refractivity contribution is 7.20. The molecule has 1 fully saturated rings. The molecule has 0 bridgehead atoms. The lowest BCUT2D eigenvalue weighted by atomic mass is 10.2. The largest absolute Gasteiger partial charge is 0.376 e. The first-order chi connectivity index (χ1) is 14.5. The quantitative estimate of drug-likeness (QED) is 0.379. The number of aryl methyl sites for hydroxylation is 1. The highest BCUT2D eigenvalue weighted by atomic mass is 32.1. The molecule has 2 aromatic rings. The van der Waals surface area contributed by atoms with Crippen LogP contribution in [0.2, 0.25) is 0 Å². The Morgan fingerprint density at radius 2 is 2.10 bits per heavy atom. The van der Waals surface area contributed by atoms with E-state index in [1.54, 1.807) is 4.57 Å². The standard InChI is InChI=1S/C21H32N4O5S/c1-12(2)25-17(26)16-13(3)15(10-22-23-19(27)30-21(4,5)6)31-18(16)24(20(25)28)11-14-8-7-9-29-14/h10,12,14,19,23,27H,7-9,11H2,1-6H3/b22-10+.